The minimum Gasteiger partial charge on any atom is -0.475 e. The second kappa shape index (κ2) is 11.9. The number of piperazine rings is 1. The zero-order chi connectivity index (χ0) is 28.9. The van der Waals surface area contributed by atoms with Gasteiger partial charge in [0.05, 0.1) is 17.4 Å². The van der Waals surface area contributed by atoms with E-state index >= 15 is 0 Å². The number of halogens is 3. The van der Waals surface area contributed by atoms with Crippen LogP contribution >= 0.6 is 0 Å². The number of aromatic nitrogens is 2. The quantitative estimate of drug-likeness (QED) is 0.386. The van der Waals surface area contributed by atoms with Crippen molar-refractivity contribution in [1.82, 2.24) is 14.3 Å². The van der Waals surface area contributed by atoms with Gasteiger partial charge >= 0.3 is 12.1 Å². The number of carbonyl (C=O) groups excluding carboxylic acids is 2. The Morgan fingerprint density at radius 1 is 0.875 bits per heavy atom. The van der Waals surface area contributed by atoms with Crippen molar-refractivity contribution in [3.63, 3.8) is 0 Å². The molecule has 0 bridgehead atoms. The summed E-state index contributed by atoms with van der Waals surface area (Å²) in [7, 11) is 0. The molecule has 1 aliphatic rings. The Balaban J connectivity index is 0.000000470. The number of alkyl halides is 3. The Labute approximate surface area is 227 Å². The van der Waals surface area contributed by atoms with E-state index in [9.17, 15) is 22.8 Å². The third kappa shape index (κ3) is 6.76. The molecule has 9 nitrogen and oxygen atoms in total. The second-order valence-corrected chi connectivity index (χ2v) is 8.99. The van der Waals surface area contributed by atoms with Crippen molar-refractivity contribution >= 4 is 34.8 Å². The molecule has 2 N–H and O–H groups in total. The van der Waals surface area contributed by atoms with Gasteiger partial charge in [0.25, 0.3) is 11.8 Å². The second-order valence-electron chi connectivity index (χ2n) is 8.99. The van der Waals surface area contributed by atoms with Gasteiger partial charge in [-0.15, -0.1) is 0 Å². The molecule has 5 rings (SSSR count). The minimum atomic E-state index is -5.08. The molecule has 0 radical (unpaired) electrons. The number of amides is 2. The summed E-state index contributed by atoms with van der Waals surface area (Å²) in [5.74, 6) is -1.85. The van der Waals surface area contributed by atoms with E-state index < -0.39 is 12.1 Å². The van der Waals surface area contributed by atoms with Gasteiger partial charge in [-0.3, -0.25) is 14.6 Å². The molecule has 40 heavy (non-hydrogen) atoms. The molecule has 1 fully saturated rings. The fourth-order valence-corrected chi connectivity index (χ4v) is 4.13. The number of nitrogens with one attached hydrogen (secondary N) is 1. The van der Waals surface area contributed by atoms with E-state index in [-0.39, 0.29) is 11.8 Å². The average molecular weight is 554 g/mol. The van der Waals surface area contributed by atoms with Crippen molar-refractivity contribution in [2.45, 2.75) is 13.1 Å². The predicted molar refractivity (Wildman–Crippen MR) is 143 cm³/mol. The van der Waals surface area contributed by atoms with Crippen LogP contribution in [0.2, 0.25) is 0 Å². The summed E-state index contributed by atoms with van der Waals surface area (Å²) >= 11 is 0. The standard InChI is InChI=1S/C26H25N5O2.C2HF3O2/c1-19-7-9-22(17-27-19)28-25(32)21-8-10-23-11-12-24(31(23)18-21)29-13-15-30(16-14-29)26(33)20-5-3-2-4-6-20;3-2(4,5)1(6)7/h2-12,17-18H,13-16H2,1H3,(H,28,32);(H,6,7). The zero-order valence-electron chi connectivity index (χ0n) is 21.4. The van der Waals surface area contributed by atoms with E-state index in [4.69, 9.17) is 9.90 Å². The number of pyridine rings is 2. The van der Waals surface area contributed by atoms with Gasteiger partial charge in [-0.05, 0) is 55.5 Å². The lowest BCUT2D eigenvalue weighted by molar-refractivity contribution is -0.192. The molecule has 0 unspecified atom stereocenters. The van der Waals surface area contributed by atoms with Gasteiger partial charge in [0, 0.05) is 49.1 Å². The Hall–Kier alpha value is -4.87. The number of nitrogens with zero attached hydrogens (tertiary/aromatic N) is 4. The fourth-order valence-electron chi connectivity index (χ4n) is 4.13. The summed E-state index contributed by atoms with van der Waals surface area (Å²) in [5.41, 5.74) is 3.87. The van der Waals surface area contributed by atoms with Gasteiger partial charge < -0.3 is 24.6 Å². The Morgan fingerprint density at radius 3 is 2.12 bits per heavy atom. The van der Waals surface area contributed by atoms with E-state index in [0.717, 1.165) is 35.7 Å². The molecule has 0 spiro atoms. The number of aliphatic carboxylic acids is 1. The van der Waals surface area contributed by atoms with Crippen LogP contribution in [-0.2, 0) is 4.79 Å². The first kappa shape index (κ1) is 28.1. The van der Waals surface area contributed by atoms with Crippen LogP contribution in [-0.4, -0.2) is 69.5 Å². The van der Waals surface area contributed by atoms with Crippen molar-refractivity contribution in [2.24, 2.45) is 0 Å². The Kier molecular flexibility index (Phi) is 8.37. The molecule has 12 heteroatoms. The molecule has 4 aromatic rings. The molecule has 208 valence electrons. The lowest BCUT2D eigenvalue weighted by Crippen LogP contribution is -2.49. The molecule has 3 aromatic heterocycles. The molecule has 4 heterocycles. The third-order valence-corrected chi connectivity index (χ3v) is 6.22. The summed E-state index contributed by atoms with van der Waals surface area (Å²) in [4.78, 5) is 42.8. The van der Waals surface area contributed by atoms with E-state index in [1.165, 1.54) is 0 Å². The van der Waals surface area contributed by atoms with Gasteiger partial charge in [0.1, 0.15) is 5.82 Å². The van der Waals surface area contributed by atoms with E-state index in [0.29, 0.717) is 24.3 Å². The maximum atomic E-state index is 12.8. The summed E-state index contributed by atoms with van der Waals surface area (Å²) in [5, 5.41) is 10.0. The van der Waals surface area contributed by atoms with Gasteiger partial charge in [-0.2, -0.15) is 13.2 Å². The van der Waals surface area contributed by atoms with Crippen molar-refractivity contribution in [2.75, 3.05) is 36.4 Å². The monoisotopic (exact) mass is 553 g/mol. The fraction of sp³-hybridized carbons (Fsp3) is 0.214. The topological polar surface area (TPSA) is 107 Å². The summed E-state index contributed by atoms with van der Waals surface area (Å²) in [6.45, 7) is 4.68. The van der Waals surface area contributed by atoms with Gasteiger partial charge in [0.2, 0.25) is 0 Å². The van der Waals surface area contributed by atoms with Crippen LogP contribution in [0.5, 0.6) is 0 Å². The van der Waals surface area contributed by atoms with Crippen LogP contribution in [0.4, 0.5) is 24.7 Å². The van der Waals surface area contributed by atoms with Gasteiger partial charge in [-0.1, -0.05) is 18.2 Å². The Bertz CT molecular complexity index is 1500. The van der Waals surface area contributed by atoms with Crippen molar-refractivity contribution < 1.29 is 32.7 Å². The highest BCUT2D eigenvalue weighted by atomic mass is 19.4. The van der Waals surface area contributed by atoms with E-state index in [2.05, 4.69) is 21.3 Å². The summed E-state index contributed by atoms with van der Waals surface area (Å²) in [6, 6.07) is 21.0. The SMILES string of the molecule is Cc1ccc(NC(=O)c2ccc3ccc(N4CCN(C(=O)c5ccccc5)CC4)n3c2)cn1.O=C(O)C(F)(F)F. The lowest BCUT2D eigenvalue weighted by atomic mass is 10.2. The smallest absolute Gasteiger partial charge is 0.475 e. The van der Waals surface area contributed by atoms with E-state index in [1.54, 1.807) is 6.20 Å². The van der Waals surface area contributed by atoms with Crippen LogP contribution in [0.1, 0.15) is 26.4 Å². The molecule has 0 aliphatic carbocycles. The largest absolute Gasteiger partial charge is 0.490 e. The maximum Gasteiger partial charge on any atom is 0.490 e. The van der Waals surface area contributed by atoms with Crippen molar-refractivity contribution in [1.29, 1.82) is 0 Å². The molecule has 1 aliphatic heterocycles. The van der Waals surface area contributed by atoms with Gasteiger partial charge in [-0.25, -0.2) is 4.79 Å². The average Bonchev–Trinajstić information content (AvgIpc) is 3.37. The highest BCUT2D eigenvalue weighted by molar-refractivity contribution is 6.04. The maximum absolute atomic E-state index is 12.8. The molecule has 0 saturated carbocycles. The molecular weight excluding hydrogens is 527 g/mol. The number of benzene rings is 1. The molecule has 1 aromatic carbocycles. The van der Waals surface area contributed by atoms with Crippen molar-refractivity contribution in [3.8, 4) is 0 Å². The highest BCUT2D eigenvalue weighted by Gasteiger charge is 2.38. The number of aryl methyl sites for hydroxylation is 1. The third-order valence-electron chi connectivity index (χ3n) is 6.22. The van der Waals surface area contributed by atoms with Crippen LogP contribution in [0.15, 0.2) is 79.1 Å². The van der Waals surface area contributed by atoms with Crippen LogP contribution in [0.3, 0.4) is 0 Å². The summed E-state index contributed by atoms with van der Waals surface area (Å²) in [6.07, 6.45) is -1.56. The number of carbonyl (C=O) groups is 3. The number of hydrogen-bond donors (Lipinski definition) is 2. The predicted octanol–water partition coefficient (Wildman–Crippen LogP) is 4.49. The number of carboxylic acids is 1. The number of rotatable bonds is 4. The minimum absolute atomic E-state index is 0.0693. The number of hydrogen-bond acceptors (Lipinski definition) is 5. The highest BCUT2D eigenvalue weighted by Crippen LogP contribution is 2.23. The molecule has 1 saturated heterocycles. The first-order valence-corrected chi connectivity index (χ1v) is 12.3. The van der Waals surface area contributed by atoms with Crippen LogP contribution in [0.25, 0.3) is 5.52 Å². The number of fused-ring (bicyclic) bond motifs is 1. The van der Waals surface area contributed by atoms with Gasteiger partial charge in [0.15, 0.2) is 0 Å². The first-order chi connectivity index (χ1) is 19.0. The normalized spacial score (nSPS) is 13.4. The lowest BCUT2D eigenvalue weighted by Gasteiger charge is -2.36. The number of carboxylic acid groups (broad SMARTS) is 1. The molecular formula is C28H26F3N5O4. The van der Waals surface area contributed by atoms with E-state index in [1.807, 2.05) is 83.1 Å². The van der Waals surface area contributed by atoms with Crippen LogP contribution in [0, 0.1) is 6.92 Å². The van der Waals surface area contributed by atoms with Crippen LogP contribution < -0.4 is 10.2 Å². The Morgan fingerprint density at radius 2 is 1.52 bits per heavy atom. The molecule has 2 amide bonds. The number of anilines is 2. The zero-order valence-corrected chi connectivity index (χ0v) is 21.4. The first-order valence-electron chi connectivity index (χ1n) is 12.3. The van der Waals surface area contributed by atoms with Crippen molar-refractivity contribution in [3.05, 3.63) is 95.9 Å². The molecule has 0 atom stereocenters. The summed E-state index contributed by atoms with van der Waals surface area (Å²) < 4.78 is 33.8.